The van der Waals surface area contributed by atoms with E-state index in [-0.39, 0.29) is 10.5 Å². The number of benzene rings is 1. The van der Waals surface area contributed by atoms with Crippen LogP contribution in [0.2, 0.25) is 0 Å². The molecule has 1 aliphatic rings. The third kappa shape index (κ3) is 3.40. The maximum absolute atomic E-state index is 12.9. The van der Waals surface area contributed by atoms with Crippen LogP contribution in [0.15, 0.2) is 40.2 Å². The minimum atomic E-state index is -3.61. The smallest absolute Gasteiger partial charge is 0.253 e. The summed E-state index contributed by atoms with van der Waals surface area (Å²) in [6.07, 6.45) is 1.73. The Morgan fingerprint density at radius 2 is 1.81 bits per heavy atom. The largest absolute Gasteiger partial charge is 0.495 e. The van der Waals surface area contributed by atoms with Gasteiger partial charge in [0.15, 0.2) is 0 Å². The Hall–Kier alpha value is -2.16. The molecule has 1 aromatic heterocycles. The van der Waals surface area contributed by atoms with Crippen LogP contribution in [0.4, 0.5) is 0 Å². The average molecular weight is 377 g/mol. The molecule has 1 aromatic carbocycles. The number of methoxy groups -OCH3 is 1. The normalized spacial score (nSPS) is 15.8. The molecule has 0 radical (unpaired) electrons. The van der Waals surface area contributed by atoms with Crippen molar-refractivity contribution >= 4 is 10.0 Å². The molecule has 0 saturated carbocycles. The monoisotopic (exact) mass is 377 g/mol. The van der Waals surface area contributed by atoms with Crippen molar-refractivity contribution in [3.63, 3.8) is 0 Å². The number of rotatable bonds is 4. The summed E-state index contributed by atoms with van der Waals surface area (Å²) >= 11 is 0. The number of aromatic nitrogens is 1. The van der Waals surface area contributed by atoms with Crippen molar-refractivity contribution in [1.82, 2.24) is 14.2 Å². The molecule has 3 rings (SSSR count). The highest BCUT2D eigenvalue weighted by Gasteiger charge is 2.29. The Labute approximate surface area is 153 Å². The number of hydrogen-bond acceptors (Lipinski definition) is 5. The predicted octanol–water partition coefficient (Wildman–Crippen LogP) is 0.963. The fourth-order valence-electron chi connectivity index (χ4n) is 3.12. The van der Waals surface area contributed by atoms with E-state index in [1.54, 1.807) is 44.4 Å². The van der Waals surface area contributed by atoms with Crippen molar-refractivity contribution in [2.75, 3.05) is 33.3 Å². The van der Waals surface area contributed by atoms with Crippen LogP contribution in [0, 0.1) is 6.92 Å². The fourth-order valence-corrected chi connectivity index (χ4v) is 4.70. The molecule has 0 amide bonds. The van der Waals surface area contributed by atoms with Crippen LogP contribution in [0.3, 0.4) is 0 Å². The van der Waals surface area contributed by atoms with Gasteiger partial charge in [-0.2, -0.15) is 4.31 Å². The van der Waals surface area contributed by atoms with Gasteiger partial charge in [0, 0.05) is 45.0 Å². The summed E-state index contributed by atoms with van der Waals surface area (Å²) in [7, 11) is -0.460. The lowest BCUT2D eigenvalue weighted by molar-refractivity contribution is 0.355. The zero-order chi connectivity index (χ0) is 18.9. The maximum atomic E-state index is 12.9. The topological polar surface area (TPSA) is 80.6 Å². The number of aryl methyl sites for hydroxylation is 2. The minimum absolute atomic E-state index is 0.0568. The summed E-state index contributed by atoms with van der Waals surface area (Å²) in [5, 5.41) is 3.15. The van der Waals surface area contributed by atoms with Crippen molar-refractivity contribution in [3.05, 3.63) is 46.4 Å². The second kappa shape index (κ2) is 7.22. The molecule has 1 fully saturated rings. The number of piperazine rings is 1. The molecule has 1 aliphatic heterocycles. The number of hydrogen-bond donors (Lipinski definition) is 1. The lowest BCUT2D eigenvalue weighted by Gasteiger charge is -2.27. The van der Waals surface area contributed by atoms with Gasteiger partial charge in [-0.3, -0.25) is 4.79 Å². The van der Waals surface area contributed by atoms with Crippen molar-refractivity contribution in [2.24, 2.45) is 7.05 Å². The lowest BCUT2D eigenvalue weighted by Crippen LogP contribution is -2.46. The molecule has 0 spiro atoms. The van der Waals surface area contributed by atoms with Crippen molar-refractivity contribution in [1.29, 1.82) is 0 Å². The van der Waals surface area contributed by atoms with E-state index in [9.17, 15) is 13.2 Å². The molecule has 7 nitrogen and oxygen atoms in total. The van der Waals surface area contributed by atoms with Crippen LogP contribution < -0.4 is 15.6 Å². The van der Waals surface area contributed by atoms with Crippen molar-refractivity contribution in [3.8, 4) is 16.9 Å². The number of ether oxygens (including phenoxy) is 1. The van der Waals surface area contributed by atoms with E-state index >= 15 is 0 Å². The molecule has 140 valence electrons. The first-order valence-electron chi connectivity index (χ1n) is 8.41. The van der Waals surface area contributed by atoms with Gasteiger partial charge in [-0.05, 0) is 36.2 Å². The summed E-state index contributed by atoms with van der Waals surface area (Å²) in [4.78, 5) is 12.0. The first kappa shape index (κ1) is 18.6. The maximum Gasteiger partial charge on any atom is 0.253 e. The lowest BCUT2D eigenvalue weighted by atomic mass is 10.1. The van der Waals surface area contributed by atoms with Crippen molar-refractivity contribution in [2.45, 2.75) is 11.8 Å². The molecular formula is C18H23N3O4S. The van der Waals surface area contributed by atoms with Crippen LogP contribution in [-0.4, -0.2) is 50.6 Å². The molecular weight excluding hydrogens is 354 g/mol. The Balaban J connectivity index is 2.05. The van der Waals surface area contributed by atoms with Gasteiger partial charge in [0.1, 0.15) is 10.6 Å². The van der Waals surface area contributed by atoms with Gasteiger partial charge in [-0.15, -0.1) is 0 Å². The fraction of sp³-hybridized carbons (Fsp3) is 0.389. The van der Waals surface area contributed by atoms with Crippen LogP contribution in [0.5, 0.6) is 5.75 Å². The van der Waals surface area contributed by atoms with Crippen molar-refractivity contribution < 1.29 is 13.2 Å². The first-order valence-corrected chi connectivity index (χ1v) is 9.85. The highest BCUT2D eigenvalue weighted by atomic mass is 32.2. The molecule has 2 aromatic rings. The van der Waals surface area contributed by atoms with E-state index in [4.69, 9.17) is 4.74 Å². The van der Waals surface area contributed by atoms with Gasteiger partial charge in [0.05, 0.1) is 7.11 Å². The van der Waals surface area contributed by atoms with Gasteiger partial charge in [-0.1, -0.05) is 6.07 Å². The Bertz CT molecular complexity index is 950. The SMILES string of the molecule is COc1cc(-c2cc(C)c(=O)n(C)c2)ccc1S(=O)(=O)N1CCNCC1. The average Bonchev–Trinajstić information content (AvgIpc) is 2.65. The molecule has 1 N–H and O–H groups in total. The highest BCUT2D eigenvalue weighted by Crippen LogP contribution is 2.32. The second-order valence-corrected chi connectivity index (χ2v) is 8.25. The van der Waals surface area contributed by atoms with Gasteiger partial charge in [0.2, 0.25) is 10.0 Å². The minimum Gasteiger partial charge on any atom is -0.495 e. The van der Waals surface area contributed by atoms with E-state index in [1.165, 1.54) is 16.0 Å². The second-order valence-electron chi connectivity index (χ2n) is 6.35. The third-order valence-electron chi connectivity index (χ3n) is 4.55. The summed E-state index contributed by atoms with van der Waals surface area (Å²) < 4.78 is 34.2. The Kier molecular flexibility index (Phi) is 5.17. The van der Waals surface area contributed by atoms with Gasteiger partial charge in [0.25, 0.3) is 5.56 Å². The molecule has 26 heavy (non-hydrogen) atoms. The molecule has 2 heterocycles. The molecule has 0 atom stereocenters. The standard InChI is InChI=1S/C18H23N3O4S/c1-13-10-15(12-20(2)18(13)22)14-4-5-17(16(11-14)25-3)26(23,24)21-8-6-19-7-9-21/h4-5,10-12,19H,6-9H2,1-3H3. The molecule has 8 heteroatoms. The summed E-state index contributed by atoms with van der Waals surface area (Å²) in [5.41, 5.74) is 2.19. The Morgan fingerprint density at radius 3 is 2.42 bits per heavy atom. The van der Waals surface area contributed by atoms with Crippen LogP contribution in [0.1, 0.15) is 5.56 Å². The number of pyridine rings is 1. The zero-order valence-electron chi connectivity index (χ0n) is 15.2. The van der Waals surface area contributed by atoms with Gasteiger partial charge >= 0.3 is 0 Å². The summed E-state index contributed by atoms with van der Waals surface area (Å²) in [6.45, 7) is 3.90. The van der Waals surface area contributed by atoms with Gasteiger partial charge < -0.3 is 14.6 Å². The third-order valence-corrected chi connectivity index (χ3v) is 6.49. The summed E-state index contributed by atoms with van der Waals surface area (Å²) in [6, 6.07) is 6.82. The van der Waals surface area contributed by atoms with E-state index in [1.807, 2.05) is 0 Å². The predicted molar refractivity (Wildman–Crippen MR) is 100 cm³/mol. The van der Waals surface area contributed by atoms with Crippen LogP contribution >= 0.6 is 0 Å². The van der Waals surface area contributed by atoms with E-state index in [2.05, 4.69) is 5.32 Å². The first-order chi connectivity index (χ1) is 12.3. The Morgan fingerprint density at radius 1 is 1.12 bits per heavy atom. The molecule has 0 unspecified atom stereocenters. The number of nitrogens with one attached hydrogen (secondary N) is 1. The molecule has 0 aliphatic carbocycles. The van der Waals surface area contributed by atoms with E-state index < -0.39 is 10.0 Å². The van der Waals surface area contributed by atoms with E-state index in [0.717, 1.165) is 11.1 Å². The zero-order valence-corrected chi connectivity index (χ0v) is 16.0. The number of sulfonamides is 1. The van der Waals surface area contributed by atoms with E-state index in [0.29, 0.717) is 37.5 Å². The van der Waals surface area contributed by atoms with Crippen LogP contribution in [-0.2, 0) is 17.1 Å². The van der Waals surface area contributed by atoms with Gasteiger partial charge in [-0.25, -0.2) is 8.42 Å². The summed E-state index contributed by atoms with van der Waals surface area (Å²) in [5.74, 6) is 0.299. The van der Waals surface area contributed by atoms with Crippen LogP contribution in [0.25, 0.3) is 11.1 Å². The number of nitrogens with zero attached hydrogens (tertiary/aromatic N) is 2. The molecule has 0 bridgehead atoms. The highest BCUT2D eigenvalue weighted by molar-refractivity contribution is 7.89. The molecule has 1 saturated heterocycles. The quantitative estimate of drug-likeness (QED) is 0.859.